The Morgan fingerprint density at radius 3 is 2.80 bits per heavy atom. The number of carbonyl (C=O) groups is 2. The van der Waals surface area contributed by atoms with Crippen molar-refractivity contribution >= 4 is 11.9 Å². The predicted molar refractivity (Wildman–Crippen MR) is 73.1 cm³/mol. The molecular weight excluding hydrogens is 258 g/mol. The lowest BCUT2D eigenvalue weighted by molar-refractivity contribution is -0.141. The Kier molecular flexibility index (Phi) is 4.76. The van der Waals surface area contributed by atoms with Crippen molar-refractivity contribution in [2.45, 2.75) is 39.0 Å². The fourth-order valence-electron chi connectivity index (χ4n) is 2.71. The number of nitrogens with zero attached hydrogens (tertiary/aromatic N) is 1. The van der Waals surface area contributed by atoms with Gasteiger partial charge in [0.05, 0.1) is 12.1 Å². The number of nitrogens with one attached hydrogen (secondary N) is 2. The largest absolute Gasteiger partial charge is 0.481 e. The summed E-state index contributed by atoms with van der Waals surface area (Å²) >= 11 is 0. The van der Waals surface area contributed by atoms with E-state index >= 15 is 0 Å². The molecule has 0 bridgehead atoms. The summed E-state index contributed by atoms with van der Waals surface area (Å²) in [6.07, 6.45) is 5.32. The molecule has 6 heteroatoms. The van der Waals surface area contributed by atoms with Crippen LogP contribution in [0, 0.1) is 18.8 Å². The molecule has 0 saturated heterocycles. The van der Waals surface area contributed by atoms with E-state index in [0.717, 1.165) is 18.5 Å². The number of amides is 1. The van der Waals surface area contributed by atoms with Crippen molar-refractivity contribution in [3.8, 4) is 0 Å². The minimum absolute atomic E-state index is 0.00216. The fourth-order valence-corrected chi connectivity index (χ4v) is 2.71. The molecule has 0 aromatic carbocycles. The molecule has 1 amide bonds. The van der Waals surface area contributed by atoms with E-state index in [1.807, 2.05) is 13.1 Å². The fraction of sp³-hybridized carbons (Fsp3) is 0.643. The van der Waals surface area contributed by atoms with Gasteiger partial charge < -0.3 is 10.4 Å². The first-order valence-electron chi connectivity index (χ1n) is 7.07. The second-order valence-electron chi connectivity index (χ2n) is 5.46. The van der Waals surface area contributed by atoms with Gasteiger partial charge in [0.2, 0.25) is 5.91 Å². The number of aryl methyl sites for hydroxylation is 2. The molecule has 0 spiro atoms. The zero-order valence-electron chi connectivity index (χ0n) is 11.7. The summed E-state index contributed by atoms with van der Waals surface area (Å²) in [5.74, 6) is -1.26. The molecule has 0 radical (unpaired) electrons. The van der Waals surface area contributed by atoms with Crippen LogP contribution in [0.1, 0.15) is 36.9 Å². The van der Waals surface area contributed by atoms with Crippen molar-refractivity contribution in [1.82, 2.24) is 15.5 Å². The Morgan fingerprint density at radius 2 is 2.20 bits per heavy atom. The van der Waals surface area contributed by atoms with Gasteiger partial charge >= 0.3 is 5.97 Å². The number of rotatable bonds is 6. The third kappa shape index (κ3) is 3.59. The van der Waals surface area contributed by atoms with E-state index in [0.29, 0.717) is 25.8 Å². The summed E-state index contributed by atoms with van der Waals surface area (Å²) in [7, 11) is 0. The van der Waals surface area contributed by atoms with Gasteiger partial charge in [0.15, 0.2) is 0 Å². The van der Waals surface area contributed by atoms with Gasteiger partial charge in [-0.05, 0) is 44.6 Å². The average molecular weight is 279 g/mol. The Labute approximate surface area is 118 Å². The molecule has 2 rings (SSSR count). The van der Waals surface area contributed by atoms with Crippen LogP contribution in [-0.4, -0.2) is 33.7 Å². The standard InChI is InChI=1S/C14H21N3O3/c1-9-12(8-16-17-9)3-2-6-15-13(18)10-4-5-11(7-10)14(19)20/h8,10-11H,2-7H2,1H3,(H,15,18)(H,16,17)(H,19,20). The monoisotopic (exact) mass is 279 g/mol. The third-order valence-electron chi connectivity index (χ3n) is 4.01. The summed E-state index contributed by atoms with van der Waals surface area (Å²) in [5.41, 5.74) is 2.24. The first-order valence-corrected chi connectivity index (χ1v) is 7.07. The highest BCUT2D eigenvalue weighted by Gasteiger charge is 2.33. The molecule has 2 atom stereocenters. The number of hydrogen-bond acceptors (Lipinski definition) is 3. The highest BCUT2D eigenvalue weighted by Crippen LogP contribution is 2.31. The Morgan fingerprint density at radius 1 is 1.45 bits per heavy atom. The normalized spacial score (nSPS) is 21.9. The summed E-state index contributed by atoms with van der Waals surface area (Å²) in [6.45, 7) is 2.60. The molecule has 1 heterocycles. The topological polar surface area (TPSA) is 95.1 Å². The minimum Gasteiger partial charge on any atom is -0.481 e. The number of carbonyl (C=O) groups excluding carboxylic acids is 1. The highest BCUT2D eigenvalue weighted by atomic mass is 16.4. The lowest BCUT2D eigenvalue weighted by Gasteiger charge is -2.10. The zero-order valence-corrected chi connectivity index (χ0v) is 11.7. The van der Waals surface area contributed by atoms with Gasteiger partial charge in [-0.1, -0.05) is 0 Å². The number of aromatic amines is 1. The number of carboxylic acids is 1. The van der Waals surface area contributed by atoms with Crippen molar-refractivity contribution in [1.29, 1.82) is 0 Å². The van der Waals surface area contributed by atoms with E-state index in [1.165, 1.54) is 5.56 Å². The van der Waals surface area contributed by atoms with Crippen LogP contribution in [0.15, 0.2) is 6.20 Å². The van der Waals surface area contributed by atoms with E-state index in [1.54, 1.807) is 0 Å². The first-order chi connectivity index (χ1) is 9.58. The van der Waals surface area contributed by atoms with Crippen LogP contribution >= 0.6 is 0 Å². The Balaban J connectivity index is 1.66. The van der Waals surface area contributed by atoms with Crippen LogP contribution in [0.5, 0.6) is 0 Å². The van der Waals surface area contributed by atoms with E-state index in [-0.39, 0.29) is 17.7 Å². The predicted octanol–water partition coefficient (Wildman–Crippen LogP) is 1.27. The molecule has 110 valence electrons. The van der Waals surface area contributed by atoms with Crippen LogP contribution in [-0.2, 0) is 16.0 Å². The molecule has 20 heavy (non-hydrogen) atoms. The van der Waals surface area contributed by atoms with Crippen LogP contribution < -0.4 is 5.32 Å². The van der Waals surface area contributed by atoms with Crippen LogP contribution in [0.3, 0.4) is 0 Å². The van der Waals surface area contributed by atoms with Gasteiger partial charge in [0.25, 0.3) is 0 Å². The molecular formula is C14H21N3O3. The summed E-state index contributed by atoms with van der Waals surface area (Å²) < 4.78 is 0. The second kappa shape index (κ2) is 6.54. The van der Waals surface area contributed by atoms with Gasteiger partial charge in [-0.3, -0.25) is 14.7 Å². The van der Waals surface area contributed by atoms with Gasteiger partial charge in [0.1, 0.15) is 0 Å². The molecule has 0 aliphatic heterocycles. The smallest absolute Gasteiger partial charge is 0.306 e. The van der Waals surface area contributed by atoms with Crippen molar-refractivity contribution in [3.63, 3.8) is 0 Å². The zero-order chi connectivity index (χ0) is 14.5. The summed E-state index contributed by atoms with van der Waals surface area (Å²) in [6, 6.07) is 0. The van der Waals surface area contributed by atoms with E-state index in [2.05, 4.69) is 15.5 Å². The SMILES string of the molecule is Cc1[nH]ncc1CCCNC(=O)C1CCC(C(=O)O)C1. The van der Waals surface area contributed by atoms with Gasteiger partial charge in [-0.25, -0.2) is 0 Å². The van der Waals surface area contributed by atoms with Gasteiger partial charge in [-0.15, -0.1) is 0 Å². The van der Waals surface area contributed by atoms with Crippen molar-refractivity contribution in [3.05, 3.63) is 17.5 Å². The van der Waals surface area contributed by atoms with Crippen LogP contribution in [0.25, 0.3) is 0 Å². The number of H-pyrrole nitrogens is 1. The number of aliphatic carboxylic acids is 1. The van der Waals surface area contributed by atoms with Gasteiger partial charge in [0, 0.05) is 18.2 Å². The van der Waals surface area contributed by atoms with E-state index < -0.39 is 5.97 Å². The summed E-state index contributed by atoms with van der Waals surface area (Å²) in [5, 5.41) is 18.7. The lowest BCUT2D eigenvalue weighted by Crippen LogP contribution is -2.30. The maximum Gasteiger partial charge on any atom is 0.306 e. The molecule has 1 saturated carbocycles. The quantitative estimate of drug-likeness (QED) is 0.683. The van der Waals surface area contributed by atoms with E-state index in [9.17, 15) is 9.59 Å². The molecule has 6 nitrogen and oxygen atoms in total. The van der Waals surface area contributed by atoms with Crippen LogP contribution in [0.4, 0.5) is 0 Å². The van der Waals surface area contributed by atoms with Crippen LogP contribution in [0.2, 0.25) is 0 Å². The molecule has 1 aliphatic rings. The highest BCUT2D eigenvalue weighted by molar-refractivity contribution is 5.80. The molecule has 1 aromatic rings. The van der Waals surface area contributed by atoms with Gasteiger partial charge in [-0.2, -0.15) is 5.10 Å². The maximum absolute atomic E-state index is 11.9. The average Bonchev–Trinajstić information content (AvgIpc) is 3.03. The molecule has 2 unspecified atom stereocenters. The molecule has 1 fully saturated rings. The van der Waals surface area contributed by atoms with E-state index in [4.69, 9.17) is 5.11 Å². The minimum atomic E-state index is -0.782. The maximum atomic E-state index is 11.9. The summed E-state index contributed by atoms with van der Waals surface area (Å²) in [4.78, 5) is 22.8. The Hall–Kier alpha value is -1.85. The number of aromatic nitrogens is 2. The third-order valence-corrected chi connectivity index (χ3v) is 4.01. The van der Waals surface area contributed by atoms with Crippen molar-refractivity contribution in [2.75, 3.05) is 6.54 Å². The number of carboxylic acid groups (broad SMARTS) is 1. The first kappa shape index (κ1) is 14.6. The second-order valence-corrected chi connectivity index (χ2v) is 5.46. The molecule has 1 aromatic heterocycles. The number of hydrogen-bond donors (Lipinski definition) is 3. The van der Waals surface area contributed by atoms with Crippen molar-refractivity contribution < 1.29 is 14.7 Å². The molecule has 3 N–H and O–H groups in total. The Bertz CT molecular complexity index is 484. The lowest BCUT2D eigenvalue weighted by atomic mass is 10.0. The molecule has 1 aliphatic carbocycles. The van der Waals surface area contributed by atoms with Crippen molar-refractivity contribution in [2.24, 2.45) is 11.8 Å².